The highest BCUT2D eigenvalue weighted by atomic mass is 16.5. The van der Waals surface area contributed by atoms with Crippen molar-refractivity contribution in [3.8, 4) is 28.7 Å². The van der Waals surface area contributed by atoms with Crippen LogP contribution in [0.3, 0.4) is 0 Å². The molecule has 0 atom stereocenters. The summed E-state index contributed by atoms with van der Waals surface area (Å²) in [6.45, 7) is 0.125. The van der Waals surface area contributed by atoms with E-state index in [0.29, 0.717) is 17.1 Å². The Labute approximate surface area is 152 Å². The van der Waals surface area contributed by atoms with E-state index in [1.165, 1.54) is 35.5 Å². The van der Waals surface area contributed by atoms with E-state index in [1.54, 1.807) is 24.3 Å². The fraction of sp³-hybridized carbons (Fsp3) is 0.316. The van der Waals surface area contributed by atoms with E-state index >= 15 is 0 Å². The number of ether oxygens (including phenoxy) is 5. The zero-order valence-corrected chi connectivity index (χ0v) is 15.4. The fourth-order valence-electron chi connectivity index (χ4n) is 2.75. The lowest BCUT2D eigenvalue weighted by Gasteiger charge is -2.18. The molecule has 0 spiro atoms. The van der Waals surface area contributed by atoms with E-state index in [2.05, 4.69) is 0 Å². The third-order valence-corrected chi connectivity index (χ3v) is 3.90. The predicted octanol–water partition coefficient (Wildman–Crippen LogP) is 2.80. The first-order valence-corrected chi connectivity index (χ1v) is 7.75. The Morgan fingerprint density at radius 1 is 0.923 bits per heavy atom. The van der Waals surface area contributed by atoms with Gasteiger partial charge in [0, 0.05) is 7.11 Å². The Hall–Kier alpha value is -2.93. The molecule has 7 nitrogen and oxygen atoms in total. The molecule has 0 amide bonds. The van der Waals surface area contributed by atoms with Crippen LogP contribution in [0.4, 0.5) is 0 Å². The maximum atomic E-state index is 13.3. The van der Waals surface area contributed by atoms with E-state index < -0.39 is 5.78 Å². The van der Waals surface area contributed by atoms with Gasteiger partial charge in [0.1, 0.15) is 0 Å². The lowest BCUT2D eigenvalue weighted by molar-refractivity contribution is 0.102. The van der Waals surface area contributed by atoms with Crippen molar-refractivity contribution in [2.45, 2.75) is 6.61 Å². The number of phenols is 1. The highest BCUT2D eigenvalue weighted by molar-refractivity contribution is 6.14. The topological polar surface area (TPSA) is 83.5 Å². The van der Waals surface area contributed by atoms with E-state index in [1.807, 2.05) is 0 Å². The normalized spacial score (nSPS) is 10.3. The van der Waals surface area contributed by atoms with Crippen LogP contribution in [-0.4, -0.2) is 46.4 Å². The summed E-state index contributed by atoms with van der Waals surface area (Å²) < 4.78 is 26.3. The minimum absolute atomic E-state index is 0.00581. The molecule has 0 unspecified atom stereocenters. The van der Waals surface area contributed by atoms with E-state index in [-0.39, 0.29) is 35.0 Å². The van der Waals surface area contributed by atoms with Crippen molar-refractivity contribution in [2.24, 2.45) is 0 Å². The monoisotopic (exact) mass is 362 g/mol. The molecule has 26 heavy (non-hydrogen) atoms. The third-order valence-electron chi connectivity index (χ3n) is 3.90. The summed E-state index contributed by atoms with van der Waals surface area (Å²) in [5.74, 6) is 0.237. The minimum Gasteiger partial charge on any atom is -0.502 e. The largest absolute Gasteiger partial charge is 0.502 e. The summed E-state index contributed by atoms with van der Waals surface area (Å²) in [5.41, 5.74) is 0.945. The molecule has 2 aromatic rings. The zero-order valence-electron chi connectivity index (χ0n) is 15.4. The number of rotatable bonds is 8. The molecule has 140 valence electrons. The van der Waals surface area contributed by atoms with Gasteiger partial charge >= 0.3 is 0 Å². The summed E-state index contributed by atoms with van der Waals surface area (Å²) in [6.07, 6.45) is 0. The Morgan fingerprint density at radius 2 is 1.58 bits per heavy atom. The molecule has 0 aliphatic rings. The molecule has 0 aliphatic carbocycles. The van der Waals surface area contributed by atoms with E-state index in [9.17, 15) is 9.90 Å². The molecule has 1 N–H and O–H groups in total. The first-order valence-electron chi connectivity index (χ1n) is 7.75. The van der Waals surface area contributed by atoms with Crippen molar-refractivity contribution in [3.05, 3.63) is 41.0 Å². The summed E-state index contributed by atoms with van der Waals surface area (Å²) in [4.78, 5) is 13.3. The van der Waals surface area contributed by atoms with Crippen molar-refractivity contribution in [1.29, 1.82) is 0 Å². The van der Waals surface area contributed by atoms with Crippen LogP contribution in [0.15, 0.2) is 24.3 Å². The SMILES string of the molecule is COCc1cc(OC)c(O)c(OC)c1C(=O)c1cccc(OC)c1OC. The number of benzene rings is 2. The second-order valence-electron chi connectivity index (χ2n) is 5.30. The van der Waals surface area contributed by atoms with Crippen LogP contribution in [0.25, 0.3) is 0 Å². The van der Waals surface area contributed by atoms with Crippen LogP contribution in [0.5, 0.6) is 28.7 Å². The standard InChI is InChI=1S/C19H22O7/c1-22-10-11-9-14(24-3)17(21)19(26-5)15(11)16(20)12-7-6-8-13(23-2)18(12)25-4/h6-9,21H,10H2,1-5H3. The maximum absolute atomic E-state index is 13.3. The second-order valence-corrected chi connectivity index (χ2v) is 5.30. The van der Waals surface area contributed by atoms with Crippen LogP contribution in [0, 0.1) is 0 Å². The number of hydrogen-bond donors (Lipinski definition) is 1. The second kappa shape index (κ2) is 8.44. The Balaban J connectivity index is 2.75. The molecule has 0 radical (unpaired) electrons. The van der Waals surface area contributed by atoms with Crippen LogP contribution < -0.4 is 18.9 Å². The molecule has 0 aliphatic heterocycles. The average Bonchev–Trinajstić information content (AvgIpc) is 2.67. The summed E-state index contributed by atoms with van der Waals surface area (Å²) in [7, 11) is 7.23. The first-order chi connectivity index (χ1) is 12.5. The van der Waals surface area contributed by atoms with Crippen molar-refractivity contribution >= 4 is 5.78 Å². The Bertz CT molecular complexity index is 799. The maximum Gasteiger partial charge on any atom is 0.201 e. The molecular formula is C19H22O7. The van der Waals surface area contributed by atoms with Gasteiger partial charge in [-0.1, -0.05) is 6.07 Å². The van der Waals surface area contributed by atoms with Gasteiger partial charge in [-0.15, -0.1) is 0 Å². The van der Waals surface area contributed by atoms with E-state index in [0.717, 1.165) is 0 Å². The van der Waals surface area contributed by atoms with Crippen molar-refractivity contribution in [3.63, 3.8) is 0 Å². The van der Waals surface area contributed by atoms with Gasteiger partial charge in [-0.2, -0.15) is 0 Å². The lowest BCUT2D eigenvalue weighted by Crippen LogP contribution is -2.11. The molecule has 7 heteroatoms. The van der Waals surface area contributed by atoms with E-state index in [4.69, 9.17) is 23.7 Å². The Kier molecular flexibility index (Phi) is 6.30. The number of para-hydroxylation sites is 1. The molecule has 0 aromatic heterocycles. The van der Waals surface area contributed by atoms with Gasteiger partial charge in [0.15, 0.2) is 23.0 Å². The van der Waals surface area contributed by atoms with Gasteiger partial charge in [0.25, 0.3) is 0 Å². The van der Waals surface area contributed by atoms with Crippen molar-refractivity contribution in [2.75, 3.05) is 35.5 Å². The highest BCUT2D eigenvalue weighted by Gasteiger charge is 2.28. The van der Waals surface area contributed by atoms with Crippen molar-refractivity contribution in [1.82, 2.24) is 0 Å². The van der Waals surface area contributed by atoms with Crippen molar-refractivity contribution < 1.29 is 33.6 Å². The van der Waals surface area contributed by atoms with Crippen LogP contribution in [0.1, 0.15) is 21.5 Å². The third kappa shape index (κ3) is 3.39. The number of carbonyl (C=O) groups is 1. The van der Waals surface area contributed by atoms with Gasteiger partial charge in [-0.05, 0) is 23.8 Å². The first kappa shape index (κ1) is 19.4. The van der Waals surface area contributed by atoms with Gasteiger partial charge in [0.2, 0.25) is 11.5 Å². The molecule has 0 saturated carbocycles. The summed E-state index contributed by atoms with van der Waals surface area (Å²) in [5, 5.41) is 10.4. The molecule has 0 saturated heterocycles. The number of phenolic OH excluding ortho intramolecular Hbond substituents is 1. The van der Waals surface area contributed by atoms with Crippen LogP contribution in [-0.2, 0) is 11.3 Å². The molecular weight excluding hydrogens is 340 g/mol. The van der Waals surface area contributed by atoms with Gasteiger partial charge in [-0.25, -0.2) is 0 Å². The summed E-state index contributed by atoms with van der Waals surface area (Å²) in [6, 6.07) is 6.52. The summed E-state index contributed by atoms with van der Waals surface area (Å²) >= 11 is 0. The molecule has 0 bridgehead atoms. The molecule has 0 heterocycles. The lowest BCUT2D eigenvalue weighted by atomic mass is 9.95. The highest BCUT2D eigenvalue weighted by Crippen LogP contribution is 2.43. The van der Waals surface area contributed by atoms with Crippen LogP contribution in [0.2, 0.25) is 0 Å². The van der Waals surface area contributed by atoms with Crippen LogP contribution >= 0.6 is 0 Å². The minimum atomic E-state index is -0.400. The molecule has 0 fully saturated rings. The molecule has 2 rings (SSSR count). The quantitative estimate of drug-likeness (QED) is 0.723. The number of aromatic hydroxyl groups is 1. The van der Waals surface area contributed by atoms with Gasteiger partial charge < -0.3 is 28.8 Å². The fourth-order valence-corrected chi connectivity index (χ4v) is 2.75. The number of hydrogen-bond acceptors (Lipinski definition) is 7. The zero-order chi connectivity index (χ0) is 19.3. The number of ketones is 1. The predicted molar refractivity (Wildman–Crippen MR) is 94.9 cm³/mol. The van der Waals surface area contributed by atoms with Gasteiger partial charge in [0.05, 0.1) is 46.2 Å². The molecule has 2 aromatic carbocycles. The smallest absolute Gasteiger partial charge is 0.201 e. The Morgan fingerprint density at radius 3 is 2.12 bits per heavy atom. The number of carbonyl (C=O) groups excluding carboxylic acids is 1. The average molecular weight is 362 g/mol. The number of methoxy groups -OCH3 is 5. The van der Waals surface area contributed by atoms with Gasteiger partial charge in [-0.3, -0.25) is 4.79 Å².